The Morgan fingerprint density at radius 2 is 1.95 bits per heavy atom. The van der Waals surface area contributed by atoms with E-state index in [0.717, 1.165) is 29.8 Å². The van der Waals surface area contributed by atoms with Crippen LogP contribution >= 0.6 is 11.6 Å². The average molecular weight is 295 g/mol. The fourth-order valence-electron chi connectivity index (χ4n) is 3.22. The van der Waals surface area contributed by atoms with Gasteiger partial charge >= 0.3 is 0 Å². The highest BCUT2D eigenvalue weighted by Gasteiger charge is 2.33. The number of benzene rings is 1. The number of nitrogens with two attached hydrogens (primary N) is 1. The van der Waals surface area contributed by atoms with Crippen LogP contribution in [-0.2, 0) is 0 Å². The van der Waals surface area contributed by atoms with Crippen LogP contribution in [0.2, 0.25) is 5.02 Å². The summed E-state index contributed by atoms with van der Waals surface area (Å²) in [5.41, 5.74) is 7.71. The third-order valence-electron chi connectivity index (χ3n) is 4.68. The maximum absolute atomic E-state index is 6.41. The summed E-state index contributed by atoms with van der Waals surface area (Å²) in [6.07, 6.45) is 2.29. The van der Waals surface area contributed by atoms with Gasteiger partial charge in [0.15, 0.2) is 0 Å². The second-order valence-electron chi connectivity index (χ2n) is 6.36. The third kappa shape index (κ3) is 3.55. The van der Waals surface area contributed by atoms with Crippen molar-refractivity contribution in [1.29, 1.82) is 0 Å². The quantitative estimate of drug-likeness (QED) is 0.886. The zero-order valence-electron chi connectivity index (χ0n) is 12.8. The van der Waals surface area contributed by atoms with Crippen molar-refractivity contribution in [1.82, 2.24) is 4.90 Å². The second-order valence-corrected chi connectivity index (χ2v) is 6.79. The fourth-order valence-corrected chi connectivity index (χ4v) is 3.35. The van der Waals surface area contributed by atoms with Gasteiger partial charge in [0.2, 0.25) is 0 Å². The molecule has 2 nitrogen and oxygen atoms in total. The molecule has 0 aliphatic carbocycles. The summed E-state index contributed by atoms with van der Waals surface area (Å²) >= 11 is 6.01. The third-order valence-corrected chi connectivity index (χ3v) is 4.93. The molecule has 1 aliphatic heterocycles. The second kappa shape index (κ2) is 6.93. The number of hydrogen-bond donors (Lipinski definition) is 1. The lowest BCUT2D eigenvalue weighted by molar-refractivity contribution is 0.195. The topological polar surface area (TPSA) is 29.3 Å². The Morgan fingerprint density at radius 3 is 2.45 bits per heavy atom. The van der Waals surface area contributed by atoms with Gasteiger partial charge in [0.1, 0.15) is 0 Å². The van der Waals surface area contributed by atoms with E-state index in [4.69, 9.17) is 17.3 Å². The molecule has 1 saturated heterocycles. The minimum absolute atomic E-state index is 0.182. The summed E-state index contributed by atoms with van der Waals surface area (Å²) in [5, 5.41) is 0.791. The molecule has 0 spiro atoms. The molecular weight excluding hydrogens is 268 g/mol. The molecule has 20 heavy (non-hydrogen) atoms. The normalized spacial score (nSPS) is 23.2. The summed E-state index contributed by atoms with van der Waals surface area (Å²) in [5.74, 6) is 1.55. The van der Waals surface area contributed by atoms with Crippen LogP contribution in [0, 0.1) is 11.8 Å². The molecule has 0 radical (unpaired) electrons. The lowest BCUT2D eigenvalue weighted by Crippen LogP contribution is -2.40. The summed E-state index contributed by atoms with van der Waals surface area (Å²) in [6, 6.07) is 8.71. The van der Waals surface area contributed by atoms with Crippen molar-refractivity contribution in [2.45, 2.75) is 45.7 Å². The molecule has 2 rings (SSSR count). The van der Waals surface area contributed by atoms with Gasteiger partial charge in [-0.05, 0) is 48.9 Å². The Kier molecular flexibility index (Phi) is 5.48. The van der Waals surface area contributed by atoms with Gasteiger partial charge in [-0.15, -0.1) is 0 Å². The Morgan fingerprint density at radius 1 is 1.30 bits per heavy atom. The van der Waals surface area contributed by atoms with Crippen LogP contribution in [-0.4, -0.2) is 24.0 Å². The molecule has 1 aromatic rings. The molecule has 0 aromatic heterocycles. The van der Waals surface area contributed by atoms with Crippen molar-refractivity contribution >= 4 is 11.6 Å². The van der Waals surface area contributed by atoms with Crippen LogP contribution in [0.4, 0.5) is 0 Å². The summed E-state index contributed by atoms with van der Waals surface area (Å²) in [6.45, 7) is 9.14. The predicted molar refractivity (Wildman–Crippen MR) is 87.0 cm³/mol. The summed E-state index contributed by atoms with van der Waals surface area (Å²) in [4.78, 5) is 2.57. The van der Waals surface area contributed by atoms with E-state index in [1.807, 2.05) is 12.1 Å². The van der Waals surface area contributed by atoms with E-state index in [-0.39, 0.29) is 6.04 Å². The van der Waals surface area contributed by atoms with Crippen molar-refractivity contribution in [2.24, 2.45) is 17.6 Å². The first-order valence-electron chi connectivity index (χ1n) is 7.78. The van der Waals surface area contributed by atoms with E-state index in [1.54, 1.807) is 0 Å². The van der Waals surface area contributed by atoms with E-state index in [0.29, 0.717) is 6.04 Å². The first-order chi connectivity index (χ1) is 9.52. The summed E-state index contributed by atoms with van der Waals surface area (Å²) < 4.78 is 0. The number of hydrogen-bond acceptors (Lipinski definition) is 2. The molecule has 3 atom stereocenters. The number of nitrogens with zero attached hydrogens (tertiary/aromatic N) is 1. The monoisotopic (exact) mass is 294 g/mol. The molecule has 112 valence electrons. The molecule has 0 bridgehead atoms. The van der Waals surface area contributed by atoms with Gasteiger partial charge in [-0.1, -0.05) is 44.5 Å². The van der Waals surface area contributed by atoms with Gasteiger partial charge in [0, 0.05) is 23.7 Å². The van der Waals surface area contributed by atoms with Gasteiger partial charge in [0.05, 0.1) is 0 Å². The number of rotatable bonds is 5. The van der Waals surface area contributed by atoms with Crippen LogP contribution < -0.4 is 5.73 Å². The smallest absolute Gasteiger partial charge is 0.0499 e. The Bertz CT molecular complexity index is 416. The molecular formula is C17H27ClN2. The fraction of sp³-hybridized carbons (Fsp3) is 0.647. The molecule has 2 N–H and O–H groups in total. The average Bonchev–Trinajstić information content (AvgIpc) is 2.90. The van der Waals surface area contributed by atoms with Gasteiger partial charge in [-0.25, -0.2) is 0 Å². The molecule has 3 unspecified atom stereocenters. The molecule has 1 aliphatic rings. The van der Waals surface area contributed by atoms with E-state index >= 15 is 0 Å². The van der Waals surface area contributed by atoms with Crippen molar-refractivity contribution in [2.75, 3.05) is 13.1 Å². The van der Waals surface area contributed by atoms with Crippen LogP contribution in [0.1, 0.15) is 45.2 Å². The Labute approximate surface area is 128 Å². The highest BCUT2D eigenvalue weighted by Crippen LogP contribution is 2.33. The molecule has 1 fully saturated rings. The number of likely N-dealkylation sites (tertiary alicyclic amines) is 1. The minimum atomic E-state index is 0.182. The molecule has 0 saturated carbocycles. The van der Waals surface area contributed by atoms with E-state index < -0.39 is 0 Å². The first kappa shape index (κ1) is 15.8. The highest BCUT2D eigenvalue weighted by atomic mass is 35.5. The van der Waals surface area contributed by atoms with Crippen molar-refractivity contribution in [3.8, 4) is 0 Å². The SMILES string of the molecule is CCC(N)C(c1ccc(Cl)cc1)N1CCC(C(C)C)C1. The summed E-state index contributed by atoms with van der Waals surface area (Å²) in [7, 11) is 0. The maximum Gasteiger partial charge on any atom is 0.0499 e. The van der Waals surface area contributed by atoms with Crippen LogP contribution in [0.25, 0.3) is 0 Å². The minimum Gasteiger partial charge on any atom is -0.326 e. The lowest BCUT2D eigenvalue weighted by Gasteiger charge is -2.33. The largest absolute Gasteiger partial charge is 0.326 e. The van der Waals surface area contributed by atoms with Gasteiger partial charge in [-0.3, -0.25) is 4.90 Å². The van der Waals surface area contributed by atoms with Gasteiger partial charge in [0.25, 0.3) is 0 Å². The number of halogens is 1. The van der Waals surface area contributed by atoms with Gasteiger partial charge < -0.3 is 5.73 Å². The predicted octanol–water partition coefficient (Wildman–Crippen LogP) is 4.10. The zero-order chi connectivity index (χ0) is 14.7. The van der Waals surface area contributed by atoms with Crippen molar-refractivity contribution < 1.29 is 0 Å². The molecule has 0 amide bonds. The van der Waals surface area contributed by atoms with E-state index in [1.165, 1.54) is 18.5 Å². The first-order valence-corrected chi connectivity index (χ1v) is 8.15. The lowest BCUT2D eigenvalue weighted by atomic mass is 9.94. The van der Waals surface area contributed by atoms with Crippen molar-refractivity contribution in [3.63, 3.8) is 0 Å². The Balaban J connectivity index is 2.18. The molecule has 1 heterocycles. The van der Waals surface area contributed by atoms with Crippen molar-refractivity contribution in [3.05, 3.63) is 34.9 Å². The van der Waals surface area contributed by atoms with Crippen LogP contribution in [0.15, 0.2) is 24.3 Å². The van der Waals surface area contributed by atoms with Gasteiger partial charge in [-0.2, -0.15) is 0 Å². The van der Waals surface area contributed by atoms with E-state index in [9.17, 15) is 0 Å². The molecule has 3 heteroatoms. The standard InChI is InChI=1S/C17H27ClN2/c1-4-16(19)17(13-5-7-15(18)8-6-13)20-10-9-14(11-20)12(2)3/h5-8,12,14,16-17H,4,9-11,19H2,1-3H3. The maximum atomic E-state index is 6.41. The highest BCUT2D eigenvalue weighted by molar-refractivity contribution is 6.30. The van der Waals surface area contributed by atoms with Crippen LogP contribution in [0.3, 0.4) is 0 Å². The zero-order valence-corrected chi connectivity index (χ0v) is 13.6. The van der Waals surface area contributed by atoms with E-state index in [2.05, 4.69) is 37.8 Å². The molecule has 1 aromatic carbocycles. The van der Waals surface area contributed by atoms with Crippen LogP contribution in [0.5, 0.6) is 0 Å². The Hall–Kier alpha value is -0.570.